The lowest BCUT2D eigenvalue weighted by atomic mass is 10.00. The minimum atomic E-state index is 0.00581. The number of benzene rings is 1. The molecular formula is C18H24N2O. The molecule has 112 valence electrons. The van der Waals surface area contributed by atoms with Gasteiger partial charge in [-0.05, 0) is 49.3 Å². The van der Waals surface area contributed by atoms with Crippen LogP contribution in [-0.2, 0) is 0 Å². The van der Waals surface area contributed by atoms with E-state index >= 15 is 0 Å². The highest BCUT2D eigenvalue weighted by Crippen LogP contribution is 2.48. The van der Waals surface area contributed by atoms with Crippen LogP contribution in [0.5, 0.6) is 0 Å². The largest absolute Gasteiger partial charge is 0.351 e. The molecule has 1 aliphatic carbocycles. The minimum absolute atomic E-state index is 0.00581. The van der Waals surface area contributed by atoms with Crippen molar-refractivity contribution in [3.8, 4) is 11.8 Å². The monoisotopic (exact) mass is 284 g/mol. The van der Waals surface area contributed by atoms with Gasteiger partial charge in [-0.2, -0.15) is 0 Å². The van der Waals surface area contributed by atoms with Gasteiger partial charge in [0.2, 0.25) is 0 Å². The molecule has 1 aromatic rings. The average Bonchev–Trinajstić information content (AvgIpc) is 3.24. The van der Waals surface area contributed by atoms with Gasteiger partial charge in [0.05, 0.1) is 6.54 Å². The number of amides is 1. The first kappa shape index (κ1) is 15.6. The molecule has 21 heavy (non-hydrogen) atoms. The van der Waals surface area contributed by atoms with Crippen molar-refractivity contribution >= 4 is 5.91 Å². The number of rotatable bonds is 5. The summed E-state index contributed by atoms with van der Waals surface area (Å²) in [5, 5.41) is 3.10. The number of nitrogens with one attached hydrogen (secondary N) is 1. The second kappa shape index (κ2) is 6.78. The number of carbonyl (C=O) groups excluding carboxylic acids is 1. The average molecular weight is 284 g/mol. The van der Waals surface area contributed by atoms with Gasteiger partial charge in [-0.1, -0.05) is 31.3 Å². The number of nitrogens with two attached hydrogens (primary N) is 1. The Bertz CT molecular complexity index is 577. The molecule has 3 N–H and O–H groups in total. The summed E-state index contributed by atoms with van der Waals surface area (Å²) < 4.78 is 0. The van der Waals surface area contributed by atoms with E-state index in [2.05, 4.69) is 24.1 Å². The molecule has 0 heterocycles. The number of carbonyl (C=O) groups is 1. The van der Waals surface area contributed by atoms with Crippen molar-refractivity contribution in [1.29, 1.82) is 0 Å². The Balaban J connectivity index is 2.04. The first-order valence-corrected chi connectivity index (χ1v) is 7.68. The van der Waals surface area contributed by atoms with Crippen LogP contribution in [-0.4, -0.2) is 19.0 Å². The Morgan fingerprint density at radius 3 is 2.81 bits per heavy atom. The van der Waals surface area contributed by atoms with Crippen LogP contribution in [0.25, 0.3) is 0 Å². The molecule has 0 bridgehead atoms. The standard InChI is InChI=1S/C18H24N2O/c1-3-8-18(9-10-18)13-20-17(21)16-12-15(5-4-11-19)7-6-14(16)2/h6-7,12H,3,8-11,13,19H2,1-2H3,(H,20,21). The van der Waals surface area contributed by atoms with E-state index in [1.165, 1.54) is 25.7 Å². The normalized spacial score (nSPS) is 15.0. The Hall–Kier alpha value is -1.79. The van der Waals surface area contributed by atoms with Crippen LogP contribution in [0.2, 0.25) is 0 Å². The lowest BCUT2D eigenvalue weighted by molar-refractivity contribution is 0.0943. The van der Waals surface area contributed by atoms with Gasteiger partial charge in [-0.15, -0.1) is 0 Å². The third-order valence-corrected chi connectivity index (χ3v) is 4.18. The number of aryl methyl sites for hydroxylation is 1. The summed E-state index contributed by atoms with van der Waals surface area (Å²) in [6.07, 6.45) is 4.86. The summed E-state index contributed by atoms with van der Waals surface area (Å²) in [5.74, 6) is 5.80. The van der Waals surface area contributed by atoms with Crippen LogP contribution in [0.15, 0.2) is 18.2 Å². The Labute approximate surface area is 127 Å². The van der Waals surface area contributed by atoms with E-state index in [4.69, 9.17) is 5.73 Å². The van der Waals surface area contributed by atoms with Gasteiger partial charge < -0.3 is 11.1 Å². The van der Waals surface area contributed by atoms with Gasteiger partial charge in [0.25, 0.3) is 5.91 Å². The zero-order chi connectivity index (χ0) is 15.3. The van der Waals surface area contributed by atoms with E-state index in [-0.39, 0.29) is 5.91 Å². The van der Waals surface area contributed by atoms with Crippen molar-refractivity contribution in [1.82, 2.24) is 5.32 Å². The lowest BCUT2D eigenvalue weighted by Gasteiger charge is -2.15. The Morgan fingerprint density at radius 2 is 2.19 bits per heavy atom. The summed E-state index contributed by atoms with van der Waals surface area (Å²) >= 11 is 0. The maximum Gasteiger partial charge on any atom is 0.251 e. The Kier molecular flexibility index (Phi) is 5.03. The predicted octanol–water partition coefficient (Wildman–Crippen LogP) is 2.62. The van der Waals surface area contributed by atoms with Crippen molar-refractivity contribution in [3.63, 3.8) is 0 Å². The summed E-state index contributed by atoms with van der Waals surface area (Å²) in [6, 6.07) is 5.72. The molecule has 0 saturated heterocycles. The van der Waals surface area contributed by atoms with Gasteiger partial charge in [0, 0.05) is 17.7 Å². The van der Waals surface area contributed by atoms with Crippen molar-refractivity contribution in [3.05, 3.63) is 34.9 Å². The van der Waals surface area contributed by atoms with E-state index in [1.54, 1.807) is 0 Å². The zero-order valence-corrected chi connectivity index (χ0v) is 13.0. The molecule has 1 saturated carbocycles. The van der Waals surface area contributed by atoms with Gasteiger partial charge in [-0.25, -0.2) is 0 Å². The van der Waals surface area contributed by atoms with Gasteiger partial charge in [0.15, 0.2) is 0 Å². The molecule has 3 nitrogen and oxygen atoms in total. The fourth-order valence-corrected chi connectivity index (χ4v) is 2.68. The van der Waals surface area contributed by atoms with Crippen LogP contribution in [0.4, 0.5) is 0 Å². The van der Waals surface area contributed by atoms with E-state index in [0.29, 0.717) is 17.5 Å². The number of hydrogen-bond donors (Lipinski definition) is 2. The molecule has 0 spiro atoms. The summed E-state index contributed by atoms with van der Waals surface area (Å²) in [6.45, 7) is 5.27. The van der Waals surface area contributed by atoms with Crippen LogP contribution >= 0.6 is 0 Å². The van der Waals surface area contributed by atoms with E-state index < -0.39 is 0 Å². The fraction of sp³-hybridized carbons (Fsp3) is 0.500. The van der Waals surface area contributed by atoms with Crippen LogP contribution in [0, 0.1) is 24.2 Å². The first-order valence-electron chi connectivity index (χ1n) is 7.68. The highest BCUT2D eigenvalue weighted by atomic mass is 16.1. The van der Waals surface area contributed by atoms with E-state index in [1.807, 2.05) is 25.1 Å². The summed E-state index contributed by atoms with van der Waals surface area (Å²) in [7, 11) is 0. The maximum atomic E-state index is 12.4. The van der Waals surface area contributed by atoms with Gasteiger partial charge >= 0.3 is 0 Å². The van der Waals surface area contributed by atoms with Crippen molar-refractivity contribution < 1.29 is 4.79 Å². The third kappa shape index (κ3) is 4.09. The molecule has 1 aromatic carbocycles. The minimum Gasteiger partial charge on any atom is -0.351 e. The highest BCUT2D eigenvalue weighted by Gasteiger charge is 2.41. The maximum absolute atomic E-state index is 12.4. The molecule has 0 radical (unpaired) electrons. The molecule has 1 amide bonds. The van der Waals surface area contributed by atoms with Crippen molar-refractivity contribution in [2.24, 2.45) is 11.1 Å². The summed E-state index contributed by atoms with van der Waals surface area (Å²) in [5.41, 5.74) is 8.28. The fourth-order valence-electron chi connectivity index (χ4n) is 2.68. The number of hydrogen-bond acceptors (Lipinski definition) is 2. The molecule has 0 atom stereocenters. The second-order valence-corrected chi connectivity index (χ2v) is 5.97. The van der Waals surface area contributed by atoms with E-state index in [9.17, 15) is 4.79 Å². The predicted molar refractivity (Wildman–Crippen MR) is 86.0 cm³/mol. The van der Waals surface area contributed by atoms with Crippen LogP contribution in [0.3, 0.4) is 0 Å². The van der Waals surface area contributed by atoms with Crippen LogP contribution in [0.1, 0.15) is 54.1 Å². The second-order valence-electron chi connectivity index (χ2n) is 5.97. The molecule has 2 rings (SSSR count). The molecule has 3 heteroatoms. The van der Waals surface area contributed by atoms with E-state index in [0.717, 1.165) is 17.7 Å². The summed E-state index contributed by atoms with van der Waals surface area (Å²) in [4.78, 5) is 12.4. The van der Waals surface area contributed by atoms with Crippen molar-refractivity contribution in [2.75, 3.05) is 13.1 Å². The Morgan fingerprint density at radius 1 is 1.43 bits per heavy atom. The molecular weight excluding hydrogens is 260 g/mol. The molecule has 0 unspecified atom stereocenters. The van der Waals surface area contributed by atoms with Gasteiger partial charge in [0.1, 0.15) is 0 Å². The molecule has 1 fully saturated rings. The first-order chi connectivity index (χ1) is 10.1. The lowest BCUT2D eigenvalue weighted by Crippen LogP contribution is -2.30. The topological polar surface area (TPSA) is 55.1 Å². The molecule has 1 aliphatic rings. The SMILES string of the molecule is CCCC1(CNC(=O)c2cc(C#CCN)ccc2C)CC1. The molecule has 0 aromatic heterocycles. The highest BCUT2D eigenvalue weighted by molar-refractivity contribution is 5.96. The smallest absolute Gasteiger partial charge is 0.251 e. The van der Waals surface area contributed by atoms with Crippen LogP contribution < -0.4 is 11.1 Å². The zero-order valence-electron chi connectivity index (χ0n) is 13.0. The van der Waals surface area contributed by atoms with Crippen molar-refractivity contribution in [2.45, 2.75) is 39.5 Å². The molecule has 0 aliphatic heterocycles. The van der Waals surface area contributed by atoms with Gasteiger partial charge in [-0.3, -0.25) is 4.79 Å². The quantitative estimate of drug-likeness (QED) is 0.817. The third-order valence-electron chi connectivity index (χ3n) is 4.18.